The van der Waals surface area contributed by atoms with Crippen molar-refractivity contribution in [1.29, 1.82) is 0 Å². The van der Waals surface area contributed by atoms with Crippen LogP contribution in [0, 0.1) is 0 Å². The summed E-state index contributed by atoms with van der Waals surface area (Å²) < 4.78 is 15.7. The Balaban J connectivity index is 2.54. The number of benzene rings is 1. The van der Waals surface area contributed by atoms with E-state index in [0.29, 0.717) is 17.1 Å². The lowest BCUT2D eigenvalue weighted by molar-refractivity contribution is 0.0596. The van der Waals surface area contributed by atoms with Gasteiger partial charge in [-0.05, 0) is 12.1 Å². The molecule has 0 N–H and O–H groups in total. The van der Waals surface area contributed by atoms with Crippen molar-refractivity contribution in [3.8, 4) is 11.5 Å². The smallest absolute Gasteiger partial charge is 0.341 e. The molecule has 0 bridgehead atoms. The minimum absolute atomic E-state index is 0.135. The topological polar surface area (TPSA) is 44.8 Å². The molecule has 1 heterocycles. The summed E-state index contributed by atoms with van der Waals surface area (Å²) in [4.78, 5) is 11.3. The van der Waals surface area contributed by atoms with Gasteiger partial charge in [-0.2, -0.15) is 0 Å². The highest BCUT2D eigenvalue weighted by Gasteiger charge is 2.23. The van der Waals surface area contributed by atoms with Gasteiger partial charge < -0.3 is 14.2 Å². The third-order valence-electron chi connectivity index (χ3n) is 1.84. The molecule has 0 amide bonds. The molecule has 0 saturated heterocycles. The second-order valence-corrected chi connectivity index (χ2v) is 3.59. The van der Waals surface area contributed by atoms with E-state index in [4.69, 9.17) is 9.47 Å². The lowest BCUT2D eigenvalue weighted by Gasteiger charge is -2.04. The molecule has 0 aromatic heterocycles. The number of halogens is 1. The lowest BCUT2D eigenvalue weighted by atomic mass is 10.2. The predicted molar refractivity (Wildman–Crippen MR) is 51.6 cm³/mol. The fourth-order valence-electron chi connectivity index (χ4n) is 1.24. The van der Waals surface area contributed by atoms with Crippen molar-refractivity contribution in [3.63, 3.8) is 0 Å². The van der Waals surface area contributed by atoms with Gasteiger partial charge in [0.25, 0.3) is 0 Å². The molecular weight excluding hydrogens is 252 g/mol. The van der Waals surface area contributed by atoms with Crippen molar-refractivity contribution in [2.24, 2.45) is 0 Å². The first-order valence-corrected chi connectivity index (χ1v) is 4.69. The van der Waals surface area contributed by atoms with Crippen molar-refractivity contribution >= 4 is 21.9 Å². The summed E-state index contributed by atoms with van der Waals surface area (Å²) in [5, 5.41) is 0. The van der Waals surface area contributed by atoms with E-state index in [9.17, 15) is 4.79 Å². The highest BCUT2D eigenvalue weighted by molar-refractivity contribution is 9.10. The molecule has 1 aliphatic rings. The van der Waals surface area contributed by atoms with Gasteiger partial charge in [-0.1, -0.05) is 15.9 Å². The first-order valence-electron chi connectivity index (χ1n) is 3.90. The van der Waals surface area contributed by atoms with Crippen LogP contribution in [0.4, 0.5) is 0 Å². The Labute approximate surface area is 88.9 Å². The molecule has 0 atom stereocenters. The zero-order valence-corrected chi connectivity index (χ0v) is 8.96. The fourth-order valence-corrected chi connectivity index (χ4v) is 1.67. The van der Waals surface area contributed by atoms with Gasteiger partial charge in [0.15, 0.2) is 11.5 Å². The highest BCUT2D eigenvalue weighted by atomic mass is 79.9. The molecule has 0 radical (unpaired) electrons. The average Bonchev–Trinajstić information content (AvgIpc) is 2.62. The quantitative estimate of drug-likeness (QED) is 0.723. The van der Waals surface area contributed by atoms with Crippen LogP contribution in [0.1, 0.15) is 10.4 Å². The van der Waals surface area contributed by atoms with Crippen molar-refractivity contribution in [3.05, 3.63) is 22.2 Å². The number of methoxy groups -OCH3 is 1. The molecule has 74 valence electrons. The molecule has 0 saturated carbocycles. The third-order valence-corrected chi connectivity index (χ3v) is 2.30. The van der Waals surface area contributed by atoms with Gasteiger partial charge in [-0.25, -0.2) is 4.79 Å². The van der Waals surface area contributed by atoms with E-state index in [1.165, 1.54) is 7.11 Å². The van der Waals surface area contributed by atoms with Gasteiger partial charge in [0.1, 0.15) is 5.56 Å². The Bertz CT molecular complexity index is 389. The number of ether oxygens (including phenoxy) is 3. The van der Waals surface area contributed by atoms with Gasteiger partial charge in [0.2, 0.25) is 6.79 Å². The molecule has 0 spiro atoms. The van der Waals surface area contributed by atoms with Gasteiger partial charge >= 0.3 is 5.97 Å². The maximum Gasteiger partial charge on any atom is 0.341 e. The number of rotatable bonds is 1. The standard InChI is InChI=1S/C9H7BrO4/c1-12-9(11)6-2-5(10)3-7-8(6)14-4-13-7/h2-3H,4H2,1H3. The molecule has 2 rings (SSSR count). The van der Waals surface area contributed by atoms with E-state index in [2.05, 4.69) is 20.7 Å². The maximum atomic E-state index is 11.3. The van der Waals surface area contributed by atoms with Gasteiger partial charge in [0, 0.05) is 4.47 Å². The summed E-state index contributed by atoms with van der Waals surface area (Å²) >= 11 is 3.27. The Morgan fingerprint density at radius 2 is 2.29 bits per heavy atom. The van der Waals surface area contributed by atoms with Crippen LogP contribution in [0.15, 0.2) is 16.6 Å². The van der Waals surface area contributed by atoms with Gasteiger partial charge in [0.05, 0.1) is 7.11 Å². The van der Waals surface area contributed by atoms with E-state index in [-0.39, 0.29) is 6.79 Å². The average molecular weight is 259 g/mol. The van der Waals surface area contributed by atoms with Crippen molar-refractivity contribution in [1.82, 2.24) is 0 Å². The second kappa shape index (κ2) is 3.49. The normalized spacial score (nSPS) is 12.7. The highest BCUT2D eigenvalue weighted by Crippen LogP contribution is 2.38. The molecule has 5 heteroatoms. The van der Waals surface area contributed by atoms with Crippen molar-refractivity contribution < 1.29 is 19.0 Å². The monoisotopic (exact) mass is 258 g/mol. The summed E-state index contributed by atoms with van der Waals surface area (Å²) in [7, 11) is 1.32. The summed E-state index contributed by atoms with van der Waals surface area (Å²) in [5.74, 6) is 0.563. The SMILES string of the molecule is COC(=O)c1cc(Br)cc2c1OCO2. The molecule has 1 aliphatic heterocycles. The first kappa shape index (κ1) is 9.33. The first-order chi connectivity index (χ1) is 6.72. The van der Waals surface area contributed by atoms with E-state index in [1.54, 1.807) is 12.1 Å². The van der Waals surface area contributed by atoms with Crippen LogP contribution in [0.3, 0.4) is 0 Å². The van der Waals surface area contributed by atoms with Crippen LogP contribution < -0.4 is 9.47 Å². The van der Waals surface area contributed by atoms with Crippen molar-refractivity contribution in [2.45, 2.75) is 0 Å². The summed E-state index contributed by atoms with van der Waals surface area (Å²) in [6.45, 7) is 0.135. The number of carbonyl (C=O) groups is 1. The minimum atomic E-state index is -0.437. The second-order valence-electron chi connectivity index (χ2n) is 2.68. The maximum absolute atomic E-state index is 11.3. The predicted octanol–water partition coefficient (Wildman–Crippen LogP) is 1.96. The number of hydrogen-bond donors (Lipinski definition) is 0. The zero-order chi connectivity index (χ0) is 10.1. The van der Waals surface area contributed by atoms with Crippen LogP contribution >= 0.6 is 15.9 Å². The molecule has 14 heavy (non-hydrogen) atoms. The van der Waals surface area contributed by atoms with Crippen LogP contribution in [0.5, 0.6) is 11.5 Å². The number of fused-ring (bicyclic) bond motifs is 1. The van der Waals surface area contributed by atoms with E-state index in [1.807, 2.05) is 0 Å². The van der Waals surface area contributed by atoms with Crippen molar-refractivity contribution in [2.75, 3.05) is 13.9 Å². The van der Waals surface area contributed by atoms with Crippen LogP contribution in [0.2, 0.25) is 0 Å². The van der Waals surface area contributed by atoms with E-state index in [0.717, 1.165) is 4.47 Å². The molecule has 1 aromatic rings. The molecule has 0 unspecified atom stereocenters. The Morgan fingerprint density at radius 3 is 3.00 bits per heavy atom. The number of esters is 1. The molecule has 1 aromatic carbocycles. The van der Waals surface area contributed by atoms with Crippen LogP contribution in [0.25, 0.3) is 0 Å². The zero-order valence-electron chi connectivity index (χ0n) is 7.37. The third kappa shape index (κ3) is 1.43. The van der Waals surface area contributed by atoms with E-state index < -0.39 is 5.97 Å². The van der Waals surface area contributed by atoms with Crippen LogP contribution in [-0.4, -0.2) is 19.9 Å². The Morgan fingerprint density at radius 1 is 1.50 bits per heavy atom. The Hall–Kier alpha value is -1.23. The van der Waals surface area contributed by atoms with Gasteiger partial charge in [-0.15, -0.1) is 0 Å². The molecular formula is C9H7BrO4. The largest absolute Gasteiger partial charge is 0.465 e. The van der Waals surface area contributed by atoms with E-state index >= 15 is 0 Å². The van der Waals surface area contributed by atoms with Crippen LogP contribution in [-0.2, 0) is 4.74 Å². The fraction of sp³-hybridized carbons (Fsp3) is 0.222. The van der Waals surface area contributed by atoms with Gasteiger partial charge in [-0.3, -0.25) is 0 Å². The molecule has 0 fully saturated rings. The number of hydrogen-bond acceptors (Lipinski definition) is 4. The summed E-state index contributed by atoms with van der Waals surface area (Å²) in [5.41, 5.74) is 0.370. The number of carbonyl (C=O) groups excluding carboxylic acids is 1. The summed E-state index contributed by atoms with van der Waals surface area (Å²) in [6.07, 6.45) is 0. The molecule has 0 aliphatic carbocycles. The lowest BCUT2D eigenvalue weighted by Crippen LogP contribution is -2.03. The molecule has 4 nitrogen and oxygen atoms in total. The minimum Gasteiger partial charge on any atom is -0.465 e. The Kier molecular flexibility index (Phi) is 2.33. The summed E-state index contributed by atoms with van der Waals surface area (Å²) in [6, 6.07) is 3.38.